The molecule has 3 N–H and O–H groups in total. The Kier molecular flexibility index (Phi) is 4.62. The molecule has 0 atom stereocenters. The zero-order valence-corrected chi connectivity index (χ0v) is 10.2. The lowest BCUT2D eigenvalue weighted by Gasteiger charge is -2.05. The summed E-state index contributed by atoms with van der Waals surface area (Å²) in [4.78, 5) is 11.3. The summed E-state index contributed by atoms with van der Waals surface area (Å²) >= 11 is 0. The van der Waals surface area contributed by atoms with Crippen molar-refractivity contribution in [2.45, 2.75) is 11.8 Å². The van der Waals surface area contributed by atoms with Crippen LogP contribution in [0.15, 0.2) is 29.2 Å². The van der Waals surface area contributed by atoms with E-state index < -0.39 is 10.0 Å². The van der Waals surface area contributed by atoms with Gasteiger partial charge < -0.3 is 10.1 Å². The highest BCUT2D eigenvalue weighted by molar-refractivity contribution is 7.89. The topological polar surface area (TPSA) is 98.5 Å². The summed E-state index contributed by atoms with van der Waals surface area (Å²) in [7, 11) is -3.70. The Morgan fingerprint density at radius 3 is 2.41 bits per heavy atom. The normalized spacial score (nSPS) is 11.2. The van der Waals surface area contributed by atoms with Crippen molar-refractivity contribution in [3.05, 3.63) is 24.3 Å². The second-order valence-electron chi connectivity index (χ2n) is 3.25. The molecular formula is C10H14N2O4S. The third-order valence-electron chi connectivity index (χ3n) is 1.90. The molecule has 0 aliphatic rings. The van der Waals surface area contributed by atoms with E-state index >= 15 is 0 Å². The van der Waals surface area contributed by atoms with Crippen molar-refractivity contribution in [3.63, 3.8) is 0 Å². The van der Waals surface area contributed by atoms with Gasteiger partial charge in [0, 0.05) is 12.3 Å². The third kappa shape index (κ3) is 4.51. The minimum atomic E-state index is -3.70. The lowest BCUT2D eigenvalue weighted by Crippen LogP contribution is -2.18. The number of nitrogens with one attached hydrogen (secondary N) is 1. The lowest BCUT2D eigenvalue weighted by molar-refractivity contribution is -0.120. The van der Waals surface area contributed by atoms with Gasteiger partial charge in [-0.3, -0.25) is 4.79 Å². The van der Waals surface area contributed by atoms with Crippen LogP contribution in [0, 0.1) is 0 Å². The van der Waals surface area contributed by atoms with Crippen molar-refractivity contribution >= 4 is 21.6 Å². The number of anilines is 1. The number of ether oxygens (including phenoxy) is 1. The summed E-state index contributed by atoms with van der Waals surface area (Å²) in [5, 5.41) is 7.49. The summed E-state index contributed by atoms with van der Waals surface area (Å²) in [6, 6.07) is 5.57. The average molecular weight is 258 g/mol. The maximum atomic E-state index is 11.3. The highest BCUT2D eigenvalue weighted by Gasteiger charge is 2.07. The van der Waals surface area contributed by atoms with Gasteiger partial charge in [-0.2, -0.15) is 0 Å². The summed E-state index contributed by atoms with van der Waals surface area (Å²) in [6.07, 6.45) is 0. The van der Waals surface area contributed by atoms with E-state index in [1.54, 1.807) is 6.92 Å². The van der Waals surface area contributed by atoms with Crippen LogP contribution in [0.25, 0.3) is 0 Å². The van der Waals surface area contributed by atoms with Crippen molar-refractivity contribution < 1.29 is 17.9 Å². The van der Waals surface area contributed by atoms with Crippen LogP contribution in [-0.4, -0.2) is 27.5 Å². The monoisotopic (exact) mass is 258 g/mol. The number of rotatable bonds is 5. The van der Waals surface area contributed by atoms with Crippen LogP contribution in [-0.2, 0) is 19.6 Å². The van der Waals surface area contributed by atoms with E-state index in [4.69, 9.17) is 9.88 Å². The highest BCUT2D eigenvalue weighted by Crippen LogP contribution is 2.12. The van der Waals surface area contributed by atoms with Gasteiger partial charge in [0.05, 0.1) is 4.90 Å². The smallest absolute Gasteiger partial charge is 0.250 e. The Balaban J connectivity index is 2.66. The van der Waals surface area contributed by atoms with Crippen LogP contribution in [0.4, 0.5) is 5.69 Å². The molecule has 0 unspecified atom stereocenters. The second kappa shape index (κ2) is 5.76. The first-order valence-electron chi connectivity index (χ1n) is 4.94. The molecule has 0 saturated carbocycles. The van der Waals surface area contributed by atoms with Crippen LogP contribution in [0.5, 0.6) is 0 Å². The molecule has 0 aromatic heterocycles. The van der Waals surface area contributed by atoms with Gasteiger partial charge in [-0.25, -0.2) is 13.6 Å². The number of carbonyl (C=O) groups excluding carboxylic acids is 1. The van der Waals surface area contributed by atoms with Gasteiger partial charge in [-0.05, 0) is 31.2 Å². The van der Waals surface area contributed by atoms with Crippen LogP contribution in [0.3, 0.4) is 0 Å². The molecule has 0 fully saturated rings. The van der Waals surface area contributed by atoms with Crippen molar-refractivity contribution in [2.75, 3.05) is 18.5 Å². The van der Waals surface area contributed by atoms with Crippen molar-refractivity contribution in [2.24, 2.45) is 5.14 Å². The first-order valence-corrected chi connectivity index (χ1v) is 6.48. The fourth-order valence-electron chi connectivity index (χ4n) is 1.12. The number of hydrogen-bond acceptors (Lipinski definition) is 4. The highest BCUT2D eigenvalue weighted by atomic mass is 32.2. The van der Waals surface area contributed by atoms with Crippen LogP contribution in [0.2, 0.25) is 0 Å². The number of nitrogens with two attached hydrogens (primary N) is 1. The average Bonchev–Trinajstić information content (AvgIpc) is 2.26. The Morgan fingerprint density at radius 2 is 1.94 bits per heavy atom. The Morgan fingerprint density at radius 1 is 1.35 bits per heavy atom. The third-order valence-corrected chi connectivity index (χ3v) is 2.83. The van der Waals surface area contributed by atoms with Crippen LogP contribution < -0.4 is 10.5 Å². The molecule has 1 amide bonds. The summed E-state index contributed by atoms with van der Waals surface area (Å²) in [5.74, 6) is -0.296. The van der Waals surface area contributed by atoms with E-state index in [1.165, 1.54) is 24.3 Å². The Bertz CT molecular complexity index is 482. The summed E-state index contributed by atoms with van der Waals surface area (Å²) in [6.45, 7) is 2.21. The van der Waals surface area contributed by atoms with Crippen LogP contribution >= 0.6 is 0 Å². The SMILES string of the molecule is CCOCC(=O)Nc1ccc(S(N)(=O)=O)cc1. The molecule has 1 aromatic carbocycles. The van der Waals surface area contributed by atoms with E-state index in [1.807, 2.05) is 0 Å². The predicted molar refractivity (Wildman–Crippen MR) is 62.9 cm³/mol. The number of primary sulfonamides is 1. The van der Waals surface area contributed by atoms with E-state index in [2.05, 4.69) is 5.32 Å². The fourth-order valence-corrected chi connectivity index (χ4v) is 1.64. The largest absolute Gasteiger partial charge is 0.372 e. The van der Waals surface area contributed by atoms with E-state index in [9.17, 15) is 13.2 Å². The zero-order valence-electron chi connectivity index (χ0n) is 9.34. The first-order chi connectivity index (χ1) is 7.93. The number of benzene rings is 1. The maximum Gasteiger partial charge on any atom is 0.250 e. The van der Waals surface area contributed by atoms with Gasteiger partial charge in [0.1, 0.15) is 6.61 Å². The molecule has 0 spiro atoms. The Labute approximate surface area is 99.8 Å². The van der Waals surface area contributed by atoms with E-state index in [0.717, 1.165) is 0 Å². The Hall–Kier alpha value is -1.44. The molecule has 6 nitrogen and oxygen atoms in total. The first kappa shape index (κ1) is 13.6. The molecule has 0 bridgehead atoms. The predicted octanol–water partition coefficient (Wildman–Crippen LogP) is 0.309. The van der Waals surface area contributed by atoms with Gasteiger partial charge in [0.2, 0.25) is 15.9 Å². The second-order valence-corrected chi connectivity index (χ2v) is 4.82. The summed E-state index contributed by atoms with van der Waals surface area (Å²) in [5.41, 5.74) is 0.488. The minimum absolute atomic E-state index is 0.000284. The van der Waals surface area contributed by atoms with Crippen LogP contribution in [0.1, 0.15) is 6.92 Å². The lowest BCUT2D eigenvalue weighted by atomic mass is 10.3. The molecule has 17 heavy (non-hydrogen) atoms. The number of sulfonamides is 1. The van der Waals surface area contributed by atoms with Gasteiger partial charge >= 0.3 is 0 Å². The molecular weight excluding hydrogens is 244 g/mol. The standard InChI is InChI=1S/C10H14N2O4S/c1-2-16-7-10(13)12-8-3-5-9(6-4-8)17(11,14)15/h3-6H,2,7H2,1H3,(H,12,13)(H2,11,14,15). The quantitative estimate of drug-likeness (QED) is 0.794. The van der Waals surface area contributed by atoms with Gasteiger partial charge in [0.15, 0.2) is 0 Å². The van der Waals surface area contributed by atoms with Crippen molar-refractivity contribution in [1.29, 1.82) is 0 Å². The van der Waals surface area contributed by atoms with E-state index in [-0.39, 0.29) is 17.4 Å². The molecule has 7 heteroatoms. The minimum Gasteiger partial charge on any atom is -0.372 e. The zero-order chi connectivity index (χ0) is 12.9. The van der Waals surface area contributed by atoms with Gasteiger partial charge in [-0.1, -0.05) is 0 Å². The number of hydrogen-bond donors (Lipinski definition) is 2. The maximum absolute atomic E-state index is 11.3. The van der Waals surface area contributed by atoms with Crippen molar-refractivity contribution in [1.82, 2.24) is 0 Å². The number of carbonyl (C=O) groups is 1. The summed E-state index contributed by atoms with van der Waals surface area (Å²) < 4.78 is 26.9. The molecule has 0 aliphatic heterocycles. The fraction of sp³-hybridized carbons (Fsp3) is 0.300. The molecule has 0 radical (unpaired) electrons. The van der Waals surface area contributed by atoms with Gasteiger partial charge in [0.25, 0.3) is 0 Å². The van der Waals surface area contributed by atoms with Crippen molar-refractivity contribution in [3.8, 4) is 0 Å². The molecule has 1 aromatic rings. The molecule has 0 heterocycles. The number of amides is 1. The molecule has 1 rings (SSSR count). The van der Waals surface area contributed by atoms with E-state index in [0.29, 0.717) is 12.3 Å². The molecule has 0 saturated heterocycles. The van der Waals surface area contributed by atoms with Gasteiger partial charge in [-0.15, -0.1) is 0 Å². The molecule has 94 valence electrons. The molecule has 0 aliphatic carbocycles.